The SMILES string of the molecule is CC(=O)Cn1ncn(C)c1=O. The highest BCUT2D eigenvalue weighted by atomic mass is 16.2. The van der Waals surface area contributed by atoms with Crippen molar-refractivity contribution >= 4 is 5.78 Å². The lowest BCUT2D eigenvalue weighted by molar-refractivity contribution is -0.117. The van der Waals surface area contributed by atoms with Crippen LogP contribution in [-0.2, 0) is 18.4 Å². The summed E-state index contributed by atoms with van der Waals surface area (Å²) in [6.45, 7) is 1.47. The summed E-state index contributed by atoms with van der Waals surface area (Å²) in [5.74, 6) is -0.0780. The minimum absolute atomic E-state index is 0.0552. The Hall–Kier alpha value is -1.39. The first-order valence-electron chi connectivity index (χ1n) is 3.19. The van der Waals surface area contributed by atoms with E-state index in [1.54, 1.807) is 7.05 Å². The molecular formula is C6H9N3O2. The van der Waals surface area contributed by atoms with Crippen molar-refractivity contribution in [2.45, 2.75) is 13.5 Å². The summed E-state index contributed by atoms with van der Waals surface area (Å²) in [4.78, 5) is 21.6. The van der Waals surface area contributed by atoms with Crippen LogP contribution in [0.4, 0.5) is 0 Å². The Bertz CT molecular complexity index is 323. The Morgan fingerprint density at radius 1 is 1.73 bits per heavy atom. The number of nitrogens with zero attached hydrogens (tertiary/aromatic N) is 3. The van der Waals surface area contributed by atoms with Crippen molar-refractivity contribution in [3.05, 3.63) is 16.8 Å². The number of hydrogen-bond donors (Lipinski definition) is 0. The molecule has 0 aromatic carbocycles. The smallest absolute Gasteiger partial charge is 0.298 e. The quantitative estimate of drug-likeness (QED) is 0.560. The van der Waals surface area contributed by atoms with Gasteiger partial charge in [-0.3, -0.25) is 9.36 Å². The number of hydrogen-bond acceptors (Lipinski definition) is 3. The normalized spacial score (nSPS) is 10.0. The maximum absolute atomic E-state index is 11.0. The maximum Gasteiger partial charge on any atom is 0.345 e. The van der Waals surface area contributed by atoms with Gasteiger partial charge in [0.1, 0.15) is 12.9 Å². The molecule has 0 aliphatic carbocycles. The number of aromatic nitrogens is 3. The molecule has 0 N–H and O–H groups in total. The molecule has 0 aliphatic rings. The van der Waals surface area contributed by atoms with E-state index in [-0.39, 0.29) is 18.0 Å². The van der Waals surface area contributed by atoms with E-state index in [1.165, 1.54) is 17.8 Å². The van der Waals surface area contributed by atoms with Crippen LogP contribution in [-0.4, -0.2) is 20.1 Å². The van der Waals surface area contributed by atoms with Gasteiger partial charge in [-0.15, -0.1) is 0 Å². The number of rotatable bonds is 2. The van der Waals surface area contributed by atoms with E-state index in [4.69, 9.17) is 0 Å². The highest BCUT2D eigenvalue weighted by Gasteiger charge is 2.02. The van der Waals surface area contributed by atoms with E-state index in [0.717, 1.165) is 4.68 Å². The van der Waals surface area contributed by atoms with E-state index in [2.05, 4.69) is 5.10 Å². The second-order valence-corrected chi connectivity index (χ2v) is 2.38. The third kappa shape index (κ3) is 1.54. The maximum atomic E-state index is 11.0. The zero-order chi connectivity index (χ0) is 8.43. The molecule has 0 atom stereocenters. The van der Waals surface area contributed by atoms with Gasteiger partial charge in [0, 0.05) is 7.05 Å². The minimum atomic E-state index is -0.264. The average Bonchev–Trinajstić information content (AvgIpc) is 2.18. The van der Waals surface area contributed by atoms with Crippen LogP contribution in [0.2, 0.25) is 0 Å². The third-order valence-corrected chi connectivity index (χ3v) is 1.26. The minimum Gasteiger partial charge on any atom is -0.298 e. The Labute approximate surface area is 63.3 Å². The molecule has 0 fully saturated rings. The number of aryl methyl sites for hydroxylation is 1. The van der Waals surface area contributed by atoms with Crippen molar-refractivity contribution in [1.82, 2.24) is 14.3 Å². The van der Waals surface area contributed by atoms with Crippen LogP contribution in [0.3, 0.4) is 0 Å². The van der Waals surface area contributed by atoms with Crippen molar-refractivity contribution in [2.24, 2.45) is 7.05 Å². The van der Waals surface area contributed by atoms with Crippen molar-refractivity contribution in [3.8, 4) is 0 Å². The van der Waals surface area contributed by atoms with Gasteiger partial charge in [-0.05, 0) is 6.92 Å². The van der Waals surface area contributed by atoms with Crippen molar-refractivity contribution < 1.29 is 4.79 Å². The standard InChI is InChI=1S/C6H9N3O2/c1-5(10)3-9-6(11)8(2)4-7-9/h4H,3H2,1-2H3. The molecule has 1 aromatic heterocycles. The molecule has 0 radical (unpaired) electrons. The van der Waals surface area contributed by atoms with Crippen LogP contribution in [0.25, 0.3) is 0 Å². The summed E-state index contributed by atoms with van der Waals surface area (Å²) in [5, 5.41) is 3.70. The molecule has 0 unspecified atom stereocenters. The van der Waals surface area contributed by atoms with Crippen molar-refractivity contribution in [2.75, 3.05) is 0 Å². The van der Waals surface area contributed by atoms with Crippen LogP contribution in [0.5, 0.6) is 0 Å². The predicted molar refractivity (Wildman–Crippen MR) is 38.1 cm³/mol. The van der Waals surface area contributed by atoms with Crippen molar-refractivity contribution in [3.63, 3.8) is 0 Å². The Balaban J connectivity index is 2.97. The second-order valence-electron chi connectivity index (χ2n) is 2.38. The molecule has 0 bridgehead atoms. The molecule has 5 heteroatoms. The first-order chi connectivity index (χ1) is 5.11. The van der Waals surface area contributed by atoms with Gasteiger partial charge in [0.15, 0.2) is 5.78 Å². The molecule has 1 aromatic rings. The summed E-state index contributed by atoms with van der Waals surface area (Å²) in [7, 11) is 1.59. The van der Waals surface area contributed by atoms with Gasteiger partial charge in [0.2, 0.25) is 0 Å². The summed E-state index contributed by atoms with van der Waals surface area (Å²) in [6.07, 6.45) is 1.38. The summed E-state index contributed by atoms with van der Waals surface area (Å²) < 4.78 is 2.45. The highest BCUT2D eigenvalue weighted by molar-refractivity contribution is 5.75. The first kappa shape index (κ1) is 7.71. The van der Waals surface area contributed by atoms with Crippen LogP contribution >= 0.6 is 0 Å². The molecule has 60 valence electrons. The molecule has 0 amide bonds. The molecule has 1 heterocycles. The van der Waals surface area contributed by atoms with E-state index >= 15 is 0 Å². The zero-order valence-electron chi connectivity index (χ0n) is 6.44. The van der Waals surface area contributed by atoms with Crippen molar-refractivity contribution in [1.29, 1.82) is 0 Å². The number of carbonyl (C=O) groups excluding carboxylic acids is 1. The van der Waals surface area contributed by atoms with Gasteiger partial charge in [0.25, 0.3) is 0 Å². The van der Waals surface area contributed by atoms with E-state index in [9.17, 15) is 9.59 Å². The van der Waals surface area contributed by atoms with Crippen LogP contribution in [0, 0.1) is 0 Å². The Morgan fingerprint density at radius 3 is 2.73 bits per heavy atom. The molecule has 0 saturated heterocycles. The monoisotopic (exact) mass is 155 g/mol. The molecule has 5 nitrogen and oxygen atoms in total. The third-order valence-electron chi connectivity index (χ3n) is 1.26. The van der Waals surface area contributed by atoms with Crippen LogP contribution in [0.1, 0.15) is 6.92 Å². The second kappa shape index (κ2) is 2.69. The summed E-state index contributed by atoms with van der Waals surface area (Å²) in [5.41, 5.74) is -0.264. The van der Waals surface area contributed by atoms with E-state index in [0.29, 0.717) is 0 Å². The van der Waals surface area contributed by atoms with E-state index < -0.39 is 0 Å². The van der Waals surface area contributed by atoms with Crippen LogP contribution < -0.4 is 5.69 Å². The molecular weight excluding hydrogens is 146 g/mol. The fraction of sp³-hybridized carbons (Fsp3) is 0.500. The van der Waals surface area contributed by atoms with Crippen LogP contribution in [0.15, 0.2) is 11.1 Å². The largest absolute Gasteiger partial charge is 0.345 e. The molecule has 0 saturated carbocycles. The Morgan fingerprint density at radius 2 is 2.36 bits per heavy atom. The van der Waals surface area contributed by atoms with Gasteiger partial charge in [-0.25, -0.2) is 9.48 Å². The average molecular weight is 155 g/mol. The number of carbonyl (C=O) groups is 1. The Kier molecular flexibility index (Phi) is 1.89. The van der Waals surface area contributed by atoms with Gasteiger partial charge in [-0.1, -0.05) is 0 Å². The van der Waals surface area contributed by atoms with Gasteiger partial charge >= 0.3 is 5.69 Å². The van der Waals surface area contributed by atoms with Gasteiger partial charge in [-0.2, -0.15) is 5.10 Å². The lowest BCUT2D eigenvalue weighted by atomic mass is 10.5. The van der Waals surface area contributed by atoms with Gasteiger partial charge < -0.3 is 0 Å². The first-order valence-corrected chi connectivity index (χ1v) is 3.19. The lowest BCUT2D eigenvalue weighted by Gasteiger charge is -1.91. The number of Topliss-reactive ketones (excluding diaryl/α,β-unsaturated/α-hetero) is 1. The molecule has 0 aliphatic heterocycles. The van der Waals surface area contributed by atoms with E-state index in [1.807, 2.05) is 0 Å². The summed E-state index contributed by atoms with van der Waals surface area (Å²) in [6, 6.07) is 0. The molecule has 0 spiro atoms. The lowest BCUT2D eigenvalue weighted by Crippen LogP contribution is -2.25. The zero-order valence-corrected chi connectivity index (χ0v) is 6.44. The predicted octanol–water partition coefficient (Wildman–Crippen LogP) is -0.829. The highest BCUT2D eigenvalue weighted by Crippen LogP contribution is 1.77. The summed E-state index contributed by atoms with van der Waals surface area (Å²) >= 11 is 0. The number of ketones is 1. The molecule has 1 rings (SSSR count). The molecule has 11 heavy (non-hydrogen) atoms. The fourth-order valence-corrected chi connectivity index (χ4v) is 0.740. The van der Waals surface area contributed by atoms with Gasteiger partial charge in [0.05, 0.1) is 0 Å². The fourth-order valence-electron chi connectivity index (χ4n) is 0.740. The topological polar surface area (TPSA) is 56.9 Å².